The Morgan fingerprint density at radius 2 is 2.21 bits per heavy atom. The van der Waals surface area contributed by atoms with E-state index in [-0.39, 0.29) is 5.82 Å². The third-order valence-electron chi connectivity index (χ3n) is 1.59. The predicted molar refractivity (Wildman–Crippen MR) is 46.6 cm³/mol. The Kier molecular flexibility index (Phi) is 1.94. The van der Waals surface area contributed by atoms with E-state index in [4.69, 9.17) is 5.11 Å². The zero-order valence-corrected chi connectivity index (χ0v) is 7.01. The van der Waals surface area contributed by atoms with Gasteiger partial charge in [-0.05, 0) is 6.07 Å². The van der Waals surface area contributed by atoms with Gasteiger partial charge in [0.15, 0.2) is 5.82 Å². The van der Waals surface area contributed by atoms with Gasteiger partial charge in [0.25, 0.3) is 0 Å². The molecule has 0 aliphatic carbocycles. The number of aromatic carboxylic acids is 1. The highest BCUT2D eigenvalue weighted by Crippen LogP contribution is 2.09. The maximum atomic E-state index is 10.6. The van der Waals surface area contributed by atoms with Crippen LogP contribution in [0.3, 0.4) is 0 Å². The van der Waals surface area contributed by atoms with Crippen molar-refractivity contribution in [3.63, 3.8) is 0 Å². The molecule has 0 aliphatic rings. The van der Waals surface area contributed by atoms with E-state index in [1.54, 1.807) is 18.5 Å². The molecule has 2 rings (SSSR count). The lowest BCUT2D eigenvalue weighted by Crippen LogP contribution is -2.04. The number of nitrogens with zero attached hydrogens (tertiary/aromatic N) is 3. The third-order valence-corrected chi connectivity index (χ3v) is 1.59. The Morgan fingerprint density at radius 3 is 2.86 bits per heavy atom. The molecule has 2 aromatic rings. The van der Waals surface area contributed by atoms with E-state index in [0.717, 1.165) is 0 Å². The first-order valence-corrected chi connectivity index (χ1v) is 3.83. The molecule has 0 aromatic carbocycles. The molecule has 0 spiro atoms. The largest absolute Gasteiger partial charge is 0.475 e. The van der Waals surface area contributed by atoms with Crippen LogP contribution in [0.5, 0.6) is 0 Å². The molecule has 2 N–H and O–H groups in total. The van der Waals surface area contributed by atoms with Gasteiger partial charge in [0.2, 0.25) is 5.82 Å². The first-order chi connectivity index (χ1) is 6.77. The highest BCUT2D eigenvalue weighted by Gasteiger charge is 2.08. The molecule has 70 valence electrons. The second-order valence-corrected chi connectivity index (χ2v) is 2.51. The molecular formula is C8H6N4O2. The molecule has 0 atom stereocenters. The fourth-order valence-electron chi connectivity index (χ4n) is 0.999. The Hall–Kier alpha value is -2.24. The van der Waals surface area contributed by atoms with E-state index in [1.807, 2.05) is 0 Å². The molecule has 6 heteroatoms. The van der Waals surface area contributed by atoms with Crippen LogP contribution in [-0.2, 0) is 0 Å². The lowest BCUT2D eigenvalue weighted by atomic mass is 10.4. The predicted octanol–water partition coefficient (Wildman–Crippen LogP) is 0.565. The molecule has 14 heavy (non-hydrogen) atoms. The molecule has 0 radical (unpaired) electrons. The van der Waals surface area contributed by atoms with Gasteiger partial charge in [-0.3, -0.25) is 0 Å². The summed E-state index contributed by atoms with van der Waals surface area (Å²) in [5.41, 5.74) is 0.461. The maximum Gasteiger partial charge on any atom is 0.373 e. The molecule has 0 bridgehead atoms. The summed E-state index contributed by atoms with van der Waals surface area (Å²) in [5, 5.41) is 8.65. The van der Waals surface area contributed by atoms with Gasteiger partial charge in [-0.15, -0.1) is 0 Å². The van der Waals surface area contributed by atoms with Crippen LogP contribution in [0.1, 0.15) is 10.6 Å². The van der Waals surface area contributed by atoms with Gasteiger partial charge in [-0.25, -0.2) is 19.7 Å². The van der Waals surface area contributed by atoms with Gasteiger partial charge in [-0.2, -0.15) is 0 Å². The Morgan fingerprint density at radius 1 is 1.36 bits per heavy atom. The first kappa shape index (κ1) is 8.36. The normalized spacial score (nSPS) is 10.0. The molecule has 2 heterocycles. The van der Waals surface area contributed by atoms with Crippen molar-refractivity contribution >= 4 is 5.97 Å². The number of aromatic amines is 1. The summed E-state index contributed by atoms with van der Waals surface area (Å²) in [5.74, 6) is -0.868. The van der Waals surface area contributed by atoms with Crippen molar-refractivity contribution in [1.29, 1.82) is 0 Å². The van der Waals surface area contributed by atoms with Crippen molar-refractivity contribution in [2.24, 2.45) is 0 Å². The summed E-state index contributed by atoms with van der Waals surface area (Å²) < 4.78 is 0. The van der Waals surface area contributed by atoms with Gasteiger partial charge >= 0.3 is 5.97 Å². The Balaban J connectivity index is 2.46. The van der Waals surface area contributed by atoms with E-state index >= 15 is 0 Å². The minimum absolute atomic E-state index is 0.237. The fraction of sp³-hybridized carbons (Fsp3) is 0. The van der Waals surface area contributed by atoms with E-state index in [9.17, 15) is 4.79 Å². The van der Waals surface area contributed by atoms with E-state index in [2.05, 4.69) is 19.9 Å². The van der Waals surface area contributed by atoms with Gasteiger partial charge in [0, 0.05) is 18.6 Å². The van der Waals surface area contributed by atoms with Crippen LogP contribution in [0, 0.1) is 0 Å². The SMILES string of the molecule is O=C(O)c1nccc(-c2ncc[nH]2)n1. The minimum Gasteiger partial charge on any atom is -0.475 e. The third kappa shape index (κ3) is 1.45. The summed E-state index contributed by atoms with van der Waals surface area (Å²) in [6, 6.07) is 1.59. The van der Waals surface area contributed by atoms with Crippen molar-refractivity contribution in [3.05, 3.63) is 30.5 Å². The first-order valence-electron chi connectivity index (χ1n) is 3.83. The van der Waals surface area contributed by atoms with Crippen LogP contribution in [0.25, 0.3) is 11.5 Å². The number of imidazole rings is 1. The van der Waals surface area contributed by atoms with Crippen molar-refractivity contribution in [2.45, 2.75) is 0 Å². The number of carboxylic acid groups (broad SMARTS) is 1. The smallest absolute Gasteiger partial charge is 0.373 e. The van der Waals surface area contributed by atoms with Gasteiger partial charge < -0.3 is 10.1 Å². The number of aromatic nitrogens is 4. The van der Waals surface area contributed by atoms with Crippen LogP contribution in [0.2, 0.25) is 0 Å². The molecule has 0 saturated carbocycles. The van der Waals surface area contributed by atoms with E-state index in [1.165, 1.54) is 6.20 Å². The zero-order valence-electron chi connectivity index (χ0n) is 7.01. The van der Waals surface area contributed by atoms with Crippen LogP contribution in [-0.4, -0.2) is 31.0 Å². The second kappa shape index (κ2) is 3.25. The second-order valence-electron chi connectivity index (χ2n) is 2.51. The van der Waals surface area contributed by atoms with Crippen LogP contribution in [0.15, 0.2) is 24.7 Å². The summed E-state index contributed by atoms with van der Waals surface area (Å²) in [7, 11) is 0. The van der Waals surface area contributed by atoms with E-state index in [0.29, 0.717) is 11.5 Å². The van der Waals surface area contributed by atoms with E-state index < -0.39 is 5.97 Å². The number of hydrogen-bond acceptors (Lipinski definition) is 4. The lowest BCUT2D eigenvalue weighted by Gasteiger charge is -1.96. The molecule has 0 unspecified atom stereocenters. The highest BCUT2D eigenvalue weighted by atomic mass is 16.4. The van der Waals surface area contributed by atoms with Crippen molar-refractivity contribution in [3.8, 4) is 11.5 Å². The number of H-pyrrole nitrogens is 1. The molecule has 0 amide bonds. The Bertz CT molecular complexity index is 452. The number of carbonyl (C=O) groups is 1. The maximum absolute atomic E-state index is 10.6. The molecule has 0 aliphatic heterocycles. The van der Waals surface area contributed by atoms with Crippen molar-refractivity contribution in [1.82, 2.24) is 19.9 Å². The van der Waals surface area contributed by atoms with Crippen molar-refractivity contribution < 1.29 is 9.90 Å². The summed E-state index contributed by atoms with van der Waals surface area (Å²) >= 11 is 0. The van der Waals surface area contributed by atoms with Gasteiger partial charge in [0.05, 0.1) is 0 Å². The average Bonchev–Trinajstić information content (AvgIpc) is 2.71. The summed E-state index contributed by atoms with van der Waals surface area (Å²) in [6.07, 6.45) is 4.59. The standard InChI is InChI=1S/C8H6N4O2/c13-8(14)7-9-2-1-5(12-7)6-10-3-4-11-6/h1-4H,(H,10,11)(H,13,14). The molecular weight excluding hydrogens is 184 g/mol. The highest BCUT2D eigenvalue weighted by molar-refractivity contribution is 5.83. The van der Waals surface area contributed by atoms with Crippen LogP contribution >= 0.6 is 0 Å². The minimum atomic E-state index is -1.15. The Labute approximate surface area is 78.7 Å². The topological polar surface area (TPSA) is 91.8 Å². The fourth-order valence-corrected chi connectivity index (χ4v) is 0.999. The summed E-state index contributed by atoms with van der Waals surface area (Å²) in [6.45, 7) is 0. The van der Waals surface area contributed by atoms with Gasteiger partial charge in [0.1, 0.15) is 5.69 Å². The average molecular weight is 190 g/mol. The quantitative estimate of drug-likeness (QED) is 0.722. The van der Waals surface area contributed by atoms with Crippen molar-refractivity contribution in [2.75, 3.05) is 0 Å². The zero-order chi connectivity index (χ0) is 9.97. The monoisotopic (exact) mass is 190 g/mol. The number of hydrogen-bond donors (Lipinski definition) is 2. The number of rotatable bonds is 2. The molecule has 0 fully saturated rings. The molecule has 0 saturated heterocycles. The van der Waals surface area contributed by atoms with Crippen LogP contribution in [0.4, 0.5) is 0 Å². The molecule has 2 aromatic heterocycles. The number of nitrogens with one attached hydrogen (secondary N) is 1. The number of carboxylic acids is 1. The molecule has 6 nitrogen and oxygen atoms in total. The summed E-state index contributed by atoms with van der Waals surface area (Å²) in [4.78, 5) is 24.7. The van der Waals surface area contributed by atoms with Gasteiger partial charge in [-0.1, -0.05) is 0 Å². The van der Waals surface area contributed by atoms with Crippen LogP contribution < -0.4 is 0 Å². The lowest BCUT2D eigenvalue weighted by molar-refractivity contribution is 0.0683.